The number of benzene rings is 1. The van der Waals surface area contributed by atoms with Crippen LogP contribution in [0.1, 0.15) is 5.56 Å². The van der Waals surface area contributed by atoms with E-state index in [2.05, 4.69) is 31.2 Å². The van der Waals surface area contributed by atoms with Crippen molar-refractivity contribution in [1.29, 1.82) is 0 Å². The van der Waals surface area contributed by atoms with Crippen LogP contribution in [-0.2, 0) is 16.6 Å². The van der Waals surface area contributed by atoms with Crippen molar-refractivity contribution in [2.75, 3.05) is 5.32 Å². The molecular formula is C11H10BrClN4O2S. The van der Waals surface area contributed by atoms with Crippen molar-refractivity contribution in [2.45, 2.75) is 11.4 Å². The number of nitrogens with zero attached hydrogens (tertiary/aromatic N) is 2. The molecule has 1 aromatic carbocycles. The SMILES string of the molecule is NS(=O)(=O)c1ccc(CNc2ncnc(Cl)c2Br)cc1. The molecule has 0 atom stereocenters. The maximum Gasteiger partial charge on any atom is 0.238 e. The van der Waals surface area contributed by atoms with E-state index in [0.717, 1.165) is 5.56 Å². The fourth-order valence-electron chi connectivity index (χ4n) is 1.45. The van der Waals surface area contributed by atoms with Gasteiger partial charge in [-0.25, -0.2) is 23.5 Å². The minimum Gasteiger partial charge on any atom is -0.365 e. The number of nitrogens with two attached hydrogens (primary N) is 1. The van der Waals surface area contributed by atoms with Crippen LogP contribution in [0.15, 0.2) is 40.0 Å². The molecule has 0 amide bonds. The van der Waals surface area contributed by atoms with Gasteiger partial charge in [0.2, 0.25) is 10.0 Å². The molecule has 6 nitrogen and oxygen atoms in total. The van der Waals surface area contributed by atoms with Crippen molar-refractivity contribution in [3.8, 4) is 0 Å². The van der Waals surface area contributed by atoms with Gasteiger partial charge in [0.05, 0.1) is 9.37 Å². The van der Waals surface area contributed by atoms with Crippen LogP contribution in [-0.4, -0.2) is 18.4 Å². The van der Waals surface area contributed by atoms with Crippen molar-refractivity contribution in [3.05, 3.63) is 45.8 Å². The molecule has 0 unspecified atom stereocenters. The smallest absolute Gasteiger partial charge is 0.238 e. The molecule has 0 radical (unpaired) electrons. The van der Waals surface area contributed by atoms with Crippen molar-refractivity contribution in [2.24, 2.45) is 5.14 Å². The highest BCUT2D eigenvalue weighted by Crippen LogP contribution is 2.26. The van der Waals surface area contributed by atoms with Crippen molar-refractivity contribution in [1.82, 2.24) is 9.97 Å². The summed E-state index contributed by atoms with van der Waals surface area (Å²) in [6, 6.07) is 6.25. The molecule has 0 bridgehead atoms. The predicted octanol–water partition coefficient (Wildman–Crippen LogP) is 2.15. The standard InChI is InChI=1S/C11H10BrClN4O2S/c12-9-10(13)16-6-17-11(9)15-5-7-1-3-8(4-2-7)20(14,18)19/h1-4,6H,5H2,(H2,14,18,19)(H,15,16,17). The van der Waals surface area contributed by atoms with Crippen LogP contribution in [0.25, 0.3) is 0 Å². The monoisotopic (exact) mass is 376 g/mol. The quantitative estimate of drug-likeness (QED) is 0.796. The van der Waals surface area contributed by atoms with Gasteiger partial charge in [0.25, 0.3) is 0 Å². The zero-order chi connectivity index (χ0) is 14.8. The molecule has 0 saturated heterocycles. The van der Waals surface area contributed by atoms with Crippen LogP contribution in [0.4, 0.5) is 5.82 Å². The molecule has 106 valence electrons. The van der Waals surface area contributed by atoms with E-state index < -0.39 is 10.0 Å². The van der Waals surface area contributed by atoms with Gasteiger partial charge < -0.3 is 5.32 Å². The number of aromatic nitrogens is 2. The molecule has 0 aliphatic heterocycles. The highest BCUT2D eigenvalue weighted by molar-refractivity contribution is 9.10. The van der Waals surface area contributed by atoms with E-state index in [1.54, 1.807) is 12.1 Å². The van der Waals surface area contributed by atoms with E-state index in [-0.39, 0.29) is 4.90 Å². The molecule has 0 saturated carbocycles. The first-order valence-electron chi connectivity index (χ1n) is 5.39. The summed E-state index contributed by atoms with van der Waals surface area (Å²) in [5, 5.41) is 8.40. The van der Waals surface area contributed by atoms with Gasteiger partial charge >= 0.3 is 0 Å². The fourth-order valence-corrected chi connectivity index (χ4v) is 2.45. The first-order valence-corrected chi connectivity index (χ1v) is 8.11. The lowest BCUT2D eigenvalue weighted by Crippen LogP contribution is -2.12. The summed E-state index contributed by atoms with van der Waals surface area (Å²) in [7, 11) is -3.66. The molecule has 0 fully saturated rings. The van der Waals surface area contributed by atoms with Gasteiger partial charge in [-0.2, -0.15) is 0 Å². The van der Waals surface area contributed by atoms with Gasteiger partial charge in [0.15, 0.2) is 0 Å². The van der Waals surface area contributed by atoms with Gasteiger partial charge in [0, 0.05) is 6.54 Å². The second kappa shape index (κ2) is 6.04. The Balaban J connectivity index is 2.10. The van der Waals surface area contributed by atoms with Gasteiger partial charge in [-0.3, -0.25) is 0 Å². The number of nitrogens with one attached hydrogen (secondary N) is 1. The fraction of sp³-hybridized carbons (Fsp3) is 0.0909. The lowest BCUT2D eigenvalue weighted by Gasteiger charge is -2.08. The number of rotatable bonds is 4. The van der Waals surface area contributed by atoms with Gasteiger partial charge in [-0.1, -0.05) is 23.7 Å². The second-order valence-electron chi connectivity index (χ2n) is 3.87. The zero-order valence-corrected chi connectivity index (χ0v) is 13.2. The summed E-state index contributed by atoms with van der Waals surface area (Å²) in [6.45, 7) is 0.455. The van der Waals surface area contributed by atoms with Gasteiger partial charge in [-0.15, -0.1) is 0 Å². The molecule has 1 aromatic heterocycles. The summed E-state index contributed by atoms with van der Waals surface area (Å²) < 4.78 is 22.8. The van der Waals surface area contributed by atoms with Crippen LogP contribution in [0.5, 0.6) is 0 Å². The maximum absolute atomic E-state index is 11.1. The highest BCUT2D eigenvalue weighted by atomic mass is 79.9. The molecular weight excluding hydrogens is 368 g/mol. The molecule has 0 spiro atoms. The van der Waals surface area contributed by atoms with Crippen molar-refractivity contribution >= 4 is 43.4 Å². The van der Waals surface area contributed by atoms with Crippen LogP contribution >= 0.6 is 27.5 Å². The van der Waals surface area contributed by atoms with E-state index >= 15 is 0 Å². The number of anilines is 1. The number of hydrogen-bond donors (Lipinski definition) is 2. The van der Waals surface area contributed by atoms with E-state index in [0.29, 0.717) is 22.0 Å². The lowest BCUT2D eigenvalue weighted by molar-refractivity contribution is 0.598. The Kier molecular flexibility index (Phi) is 4.59. The molecule has 9 heteroatoms. The average molecular weight is 378 g/mol. The largest absolute Gasteiger partial charge is 0.365 e. The summed E-state index contributed by atoms with van der Waals surface area (Å²) in [6.07, 6.45) is 1.35. The van der Waals surface area contributed by atoms with Crippen LogP contribution in [0, 0.1) is 0 Å². The molecule has 0 aliphatic rings. The van der Waals surface area contributed by atoms with Crippen LogP contribution in [0.2, 0.25) is 5.15 Å². The minimum absolute atomic E-state index is 0.0764. The van der Waals surface area contributed by atoms with E-state index in [4.69, 9.17) is 16.7 Å². The third-order valence-electron chi connectivity index (χ3n) is 2.46. The summed E-state index contributed by atoms with van der Waals surface area (Å²) >= 11 is 9.12. The van der Waals surface area contributed by atoms with Crippen molar-refractivity contribution in [3.63, 3.8) is 0 Å². The maximum atomic E-state index is 11.1. The van der Waals surface area contributed by atoms with Gasteiger partial charge in [0.1, 0.15) is 17.3 Å². The minimum atomic E-state index is -3.66. The van der Waals surface area contributed by atoms with Crippen molar-refractivity contribution < 1.29 is 8.42 Å². The normalized spacial score (nSPS) is 11.3. The molecule has 20 heavy (non-hydrogen) atoms. The molecule has 1 heterocycles. The molecule has 3 N–H and O–H groups in total. The van der Waals surface area contributed by atoms with E-state index in [9.17, 15) is 8.42 Å². The first-order chi connectivity index (χ1) is 9.38. The molecule has 0 aliphatic carbocycles. The number of hydrogen-bond acceptors (Lipinski definition) is 5. The van der Waals surface area contributed by atoms with E-state index in [1.807, 2.05) is 0 Å². The Morgan fingerprint density at radius 1 is 1.25 bits per heavy atom. The number of sulfonamides is 1. The second-order valence-corrected chi connectivity index (χ2v) is 6.58. The summed E-state index contributed by atoms with van der Waals surface area (Å²) in [5.74, 6) is 0.556. The molecule has 2 aromatic rings. The highest BCUT2D eigenvalue weighted by Gasteiger charge is 2.08. The zero-order valence-electron chi connectivity index (χ0n) is 10.0. The number of halogens is 2. The van der Waals surface area contributed by atoms with E-state index in [1.165, 1.54) is 18.5 Å². The Morgan fingerprint density at radius 3 is 2.50 bits per heavy atom. The third kappa shape index (κ3) is 3.66. The van der Waals surface area contributed by atoms with Crippen LogP contribution in [0.3, 0.4) is 0 Å². The Labute approximate surface area is 129 Å². The average Bonchev–Trinajstić information content (AvgIpc) is 2.40. The van der Waals surface area contributed by atoms with Gasteiger partial charge in [-0.05, 0) is 33.6 Å². The molecule has 2 rings (SSSR count). The number of primary sulfonamides is 1. The summed E-state index contributed by atoms with van der Waals surface area (Å²) in [5.41, 5.74) is 0.874. The Morgan fingerprint density at radius 2 is 1.90 bits per heavy atom. The first kappa shape index (κ1) is 15.2. The van der Waals surface area contributed by atoms with Crippen LogP contribution < -0.4 is 10.5 Å². The predicted molar refractivity (Wildman–Crippen MR) is 79.9 cm³/mol. The summed E-state index contributed by atoms with van der Waals surface area (Å²) in [4.78, 5) is 7.94. The Bertz CT molecular complexity index is 722. The lowest BCUT2D eigenvalue weighted by atomic mass is 10.2. The third-order valence-corrected chi connectivity index (χ3v) is 4.65. The topological polar surface area (TPSA) is 98.0 Å². The Hall–Kier alpha value is -1.22.